The van der Waals surface area contributed by atoms with Gasteiger partial charge in [-0.15, -0.1) is 0 Å². The van der Waals surface area contributed by atoms with E-state index in [1.165, 1.54) is 0 Å². The van der Waals surface area contributed by atoms with Crippen LogP contribution in [-0.2, 0) is 0 Å². The second-order valence-electron chi connectivity index (χ2n) is 5.65. The van der Waals surface area contributed by atoms with E-state index in [0.29, 0.717) is 16.6 Å². The number of rotatable bonds is 2. The molecule has 0 spiro atoms. The van der Waals surface area contributed by atoms with Crippen molar-refractivity contribution in [2.24, 2.45) is 0 Å². The molecule has 0 atom stereocenters. The average Bonchev–Trinajstić information content (AvgIpc) is 2.93. The van der Waals surface area contributed by atoms with Crippen LogP contribution >= 0.6 is 0 Å². The summed E-state index contributed by atoms with van der Waals surface area (Å²) in [6, 6.07) is 18.5. The van der Waals surface area contributed by atoms with Gasteiger partial charge < -0.3 is 9.97 Å². The lowest BCUT2D eigenvalue weighted by Gasteiger charge is -2.05. The Bertz CT molecular complexity index is 1140. The van der Waals surface area contributed by atoms with E-state index in [-0.39, 0.29) is 5.56 Å². The lowest BCUT2D eigenvalue weighted by molar-refractivity contribution is 0.902. The van der Waals surface area contributed by atoms with Crippen LogP contribution in [0.4, 0.5) is 0 Å². The molecule has 0 unspecified atom stereocenters. The van der Waals surface area contributed by atoms with Crippen molar-refractivity contribution in [2.75, 3.05) is 0 Å². The summed E-state index contributed by atoms with van der Waals surface area (Å²) in [5.41, 5.74) is 2.72. The number of fused-ring (bicyclic) bond motifs is 1. The molecule has 0 amide bonds. The van der Waals surface area contributed by atoms with E-state index in [4.69, 9.17) is 0 Å². The number of aromatic nitrogens is 3. The van der Waals surface area contributed by atoms with Gasteiger partial charge in [0.2, 0.25) is 0 Å². The molecular formula is C19H15N3O2. The maximum Gasteiger partial charge on any atom is 0.333 e. The van der Waals surface area contributed by atoms with Gasteiger partial charge in [-0.1, -0.05) is 48.5 Å². The first-order valence-electron chi connectivity index (χ1n) is 7.65. The molecular weight excluding hydrogens is 302 g/mol. The van der Waals surface area contributed by atoms with Crippen LogP contribution in [0.2, 0.25) is 0 Å². The molecule has 0 radical (unpaired) electrons. The lowest BCUT2D eigenvalue weighted by Crippen LogP contribution is -2.33. The van der Waals surface area contributed by atoms with Crippen LogP contribution in [-0.4, -0.2) is 14.5 Å². The first kappa shape index (κ1) is 14.3. The van der Waals surface area contributed by atoms with Gasteiger partial charge >= 0.3 is 5.69 Å². The minimum absolute atomic E-state index is 0.323. The maximum absolute atomic E-state index is 12.9. The van der Waals surface area contributed by atoms with Gasteiger partial charge in [-0.3, -0.25) is 4.79 Å². The quantitative estimate of drug-likeness (QED) is 0.596. The van der Waals surface area contributed by atoms with E-state index in [1.807, 2.05) is 43.3 Å². The zero-order valence-corrected chi connectivity index (χ0v) is 13.0. The number of aryl methyl sites for hydroxylation is 1. The van der Waals surface area contributed by atoms with Crippen LogP contribution in [0, 0.1) is 6.92 Å². The van der Waals surface area contributed by atoms with Crippen molar-refractivity contribution in [3.63, 3.8) is 0 Å². The van der Waals surface area contributed by atoms with E-state index < -0.39 is 5.69 Å². The molecule has 0 bridgehead atoms. The first-order chi connectivity index (χ1) is 11.7. The summed E-state index contributed by atoms with van der Waals surface area (Å²) in [5, 5.41) is 0.498. The van der Waals surface area contributed by atoms with Crippen LogP contribution in [0.15, 0.2) is 70.3 Å². The number of aromatic amines is 2. The second kappa shape index (κ2) is 5.38. The smallest absolute Gasteiger partial charge is 0.333 e. The standard InChI is InChI=1S/C19H15N3O2/c1-12-15-17(16(20-12)13-8-4-2-5-9-13)21-19(24)22(18(15)23)14-10-6-3-7-11-14/h2-11,20H,1H3,(H,21,24). The number of benzene rings is 2. The number of nitrogens with zero attached hydrogens (tertiary/aromatic N) is 1. The predicted molar refractivity (Wildman–Crippen MR) is 94.7 cm³/mol. The Morgan fingerprint density at radius 2 is 1.46 bits per heavy atom. The van der Waals surface area contributed by atoms with Crippen molar-refractivity contribution < 1.29 is 0 Å². The third-order valence-corrected chi connectivity index (χ3v) is 4.12. The molecule has 2 N–H and O–H groups in total. The SMILES string of the molecule is Cc1[nH]c(-c2ccccc2)c2[nH]c(=O)n(-c3ccccc3)c(=O)c12. The molecule has 0 aliphatic rings. The van der Waals surface area contributed by atoms with Crippen LogP contribution in [0.1, 0.15) is 5.69 Å². The van der Waals surface area contributed by atoms with E-state index in [9.17, 15) is 9.59 Å². The molecule has 2 aromatic carbocycles. The Balaban J connectivity index is 2.08. The van der Waals surface area contributed by atoms with E-state index in [1.54, 1.807) is 24.3 Å². The highest BCUT2D eigenvalue weighted by atomic mass is 16.2. The predicted octanol–water partition coefficient (Wildman–Crippen LogP) is 2.98. The zero-order valence-electron chi connectivity index (χ0n) is 13.0. The summed E-state index contributed by atoms with van der Waals surface area (Å²) in [6.45, 7) is 1.84. The average molecular weight is 317 g/mol. The fourth-order valence-corrected chi connectivity index (χ4v) is 3.02. The third kappa shape index (κ3) is 2.10. The van der Waals surface area contributed by atoms with Gasteiger partial charge in [0, 0.05) is 11.3 Å². The van der Waals surface area contributed by atoms with Crippen molar-refractivity contribution in [3.8, 4) is 16.9 Å². The summed E-state index contributed by atoms with van der Waals surface area (Å²) in [4.78, 5) is 31.6. The monoisotopic (exact) mass is 317 g/mol. The highest BCUT2D eigenvalue weighted by Crippen LogP contribution is 2.26. The van der Waals surface area contributed by atoms with Gasteiger partial charge in [0.25, 0.3) is 5.56 Å². The molecule has 5 nitrogen and oxygen atoms in total. The van der Waals surface area contributed by atoms with Crippen LogP contribution in [0.5, 0.6) is 0 Å². The highest BCUT2D eigenvalue weighted by molar-refractivity contribution is 5.94. The molecule has 5 heteroatoms. The lowest BCUT2D eigenvalue weighted by atomic mass is 10.1. The number of hydrogen-bond donors (Lipinski definition) is 2. The van der Waals surface area contributed by atoms with Crippen molar-refractivity contribution in [1.82, 2.24) is 14.5 Å². The molecule has 4 aromatic rings. The fraction of sp³-hybridized carbons (Fsp3) is 0.0526. The van der Waals surface area contributed by atoms with Crippen LogP contribution in [0.25, 0.3) is 27.8 Å². The van der Waals surface area contributed by atoms with Crippen LogP contribution < -0.4 is 11.2 Å². The van der Waals surface area contributed by atoms with E-state index in [2.05, 4.69) is 9.97 Å². The highest BCUT2D eigenvalue weighted by Gasteiger charge is 2.17. The Labute approximate surface area is 137 Å². The van der Waals surface area contributed by atoms with Crippen molar-refractivity contribution >= 4 is 10.9 Å². The summed E-state index contributed by atoms with van der Waals surface area (Å²) < 4.78 is 1.16. The molecule has 2 aromatic heterocycles. The maximum atomic E-state index is 12.9. The Morgan fingerprint density at radius 3 is 2.12 bits per heavy atom. The van der Waals surface area contributed by atoms with Crippen molar-refractivity contribution in [1.29, 1.82) is 0 Å². The molecule has 4 rings (SSSR count). The van der Waals surface area contributed by atoms with Crippen LogP contribution in [0.3, 0.4) is 0 Å². The Morgan fingerprint density at radius 1 is 0.833 bits per heavy atom. The Hall–Kier alpha value is -3.34. The topological polar surface area (TPSA) is 70.7 Å². The summed E-state index contributed by atoms with van der Waals surface area (Å²) in [6.07, 6.45) is 0. The number of hydrogen-bond acceptors (Lipinski definition) is 2. The van der Waals surface area contributed by atoms with E-state index in [0.717, 1.165) is 21.5 Å². The largest absolute Gasteiger partial charge is 0.356 e. The van der Waals surface area contributed by atoms with Gasteiger partial charge in [0.15, 0.2) is 0 Å². The van der Waals surface area contributed by atoms with Gasteiger partial charge in [-0.25, -0.2) is 9.36 Å². The molecule has 0 saturated heterocycles. The first-order valence-corrected chi connectivity index (χ1v) is 7.65. The fourth-order valence-electron chi connectivity index (χ4n) is 3.02. The van der Waals surface area contributed by atoms with Gasteiger partial charge in [-0.05, 0) is 19.1 Å². The minimum Gasteiger partial charge on any atom is -0.356 e. The third-order valence-electron chi connectivity index (χ3n) is 4.12. The van der Waals surface area contributed by atoms with Gasteiger partial charge in [0.05, 0.1) is 22.3 Å². The van der Waals surface area contributed by atoms with Gasteiger partial charge in [0.1, 0.15) is 0 Å². The number of para-hydroxylation sites is 1. The molecule has 118 valence electrons. The zero-order chi connectivity index (χ0) is 16.7. The van der Waals surface area contributed by atoms with Gasteiger partial charge in [-0.2, -0.15) is 0 Å². The number of nitrogens with one attached hydrogen (secondary N) is 2. The molecule has 0 aliphatic heterocycles. The van der Waals surface area contributed by atoms with E-state index >= 15 is 0 Å². The molecule has 2 heterocycles. The summed E-state index contributed by atoms with van der Waals surface area (Å²) in [5.74, 6) is 0. The molecule has 0 saturated carbocycles. The van der Waals surface area contributed by atoms with Crippen molar-refractivity contribution in [3.05, 3.63) is 87.2 Å². The molecule has 0 aliphatic carbocycles. The normalized spacial score (nSPS) is 11.0. The van der Waals surface area contributed by atoms with Crippen molar-refractivity contribution in [2.45, 2.75) is 6.92 Å². The molecule has 0 fully saturated rings. The minimum atomic E-state index is -0.449. The summed E-state index contributed by atoms with van der Waals surface area (Å²) in [7, 11) is 0. The molecule has 24 heavy (non-hydrogen) atoms. The second-order valence-corrected chi connectivity index (χ2v) is 5.65. The number of H-pyrrole nitrogens is 2. The Kier molecular flexibility index (Phi) is 3.20. The summed E-state index contributed by atoms with van der Waals surface area (Å²) >= 11 is 0.